The number of imidazole rings is 1. The van der Waals surface area contributed by atoms with Gasteiger partial charge >= 0.3 is 0 Å². The maximum absolute atomic E-state index is 10.0. The number of benzene rings is 2. The maximum atomic E-state index is 10.0. The molecule has 0 radical (unpaired) electrons. The Bertz CT molecular complexity index is 1020. The Hall–Kier alpha value is -2.33. The maximum Gasteiger partial charge on any atom is 0.0964 e. The van der Waals surface area contributed by atoms with E-state index in [-0.39, 0.29) is 12.1 Å². The van der Waals surface area contributed by atoms with Gasteiger partial charge in [-0.3, -0.25) is 0 Å². The van der Waals surface area contributed by atoms with Gasteiger partial charge in [0.2, 0.25) is 0 Å². The molecule has 140 valence electrons. The largest absolute Gasteiger partial charge is 0.398 e. The molecule has 1 aromatic heterocycles. The Labute approximate surface area is 160 Å². The zero-order valence-electron chi connectivity index (χ0n) is 15.9. The molecule has 0 aliphatic heterocycles. The molecule has 2 aliphatic rings. The number of hydrogen-bond acceptors (Lipinski definition) is 3. The highest BCUT2D eigenvalue weighted by Gasteiger charge is 2.22. The van der Waals surface area contributed by atoms with Gasteiger partial charge in [-0.25, -0.2) is 4.98 Å². The SMILES string of the molecule is CC(c1cc2c(cc1N)CCC(O)C2)n1cnc2cc3c(cc21)CCCC3. The zero-order valence-corrected chi connectivity index (χ0v) is 15.9. The molecule has 3 aromatic rings. The average Bonchev–Trinajstić information content (AvgIpc) is 3.08. The van der Waals surface area contributed by atoms with Gasteiger partial charge in [0.25, 0.3) is 0 Å². The van der Waals surface area contributed by atoms with Crippen molar-refractivity contribution in [2.45, 2.75) is 64.0 Å². The number of nitrogen functional groups attached to an aromatic ring is 1. The van der Waals surface area contributed by atoms with Gasteiger partial charge in [-0.05, 0) is 97.9 Å². The molecule has 0 bridgehead atoms. The topological polar surface area (TPSA) is 64.1 Å². The second-order valence-electron chi connectivity index (χ2n) is 8.29. The highest BCUT2D eigenvalue weighted by Crippen LogP contribution is 2.34. The van der Waals surface area contributed by atoms with Gasteiger partial charge in [0, 0.05) is 5.69 Å². The average molecular weight is 361 g/mol. The highest BCUT2D eigenvalue weighted by molar-refractivity contribution is 5.78. The lowest BCUT2D eigenvalue weighted by Gasteiger charge is -2.25. The van der Waals surface area contributed by atoms with E-state index in [0.29, 0.717) is 0 Å². The van der Waals surface area contributed by atoms with Crippen molar-refractivity contribution in [2.24, 2.45) is 0 Å². The Balaban J connectivity index is 1.58. The summed E-state index contributed by atoms with van der Waals surface area (Å²) in [7, 11) is 0. The van der Waals surface area contributed by atoms with Crippen LogP contribution in [0, 0.1) is 0 Å². The Morgan fingerprint density at radius 1 is 1.04 bits per heavy atom. The van der Waals surface area contributed by atoms with Crippen LogP contribution in [0.2, 0.25) is 0 Å². The van der Waals surface area contributed by atoms with Gasteiger partial charge in [-0.15, -0.1) is 0 Å². The van der Waals surface area contributed by atoms with Gasteiger partial charge in [-0.2, -0.15) is 0 Å². The third-order valence-corrected chi connectivity index (χ3v) is 6.51. The van der Waals surface area contributed by atoms with E-state index in [0.717, 1.165) is 36.0 Å². The molecule has 2 aromatic carbocycles. The summed E-state index contributed by atoms with van der Waals surface area (Å²) in [6.07, 6.45) is 9.10. The molecule has 2 atom stereocenters. The first-order chi connectivity index (χ1) is 13.1. The lowest BCUT2D eigenvalue weighted by Crippen LogP contribution is -2.20. The molecule has 0 saturated carbocycles. The molecule has 0 amide bonds. The number of nitrogens with two attached hydrogens (primary N) is 1. The molecule has 27 heavy (non-hydrogen) atoms. The van der Waals surface area contributed by atoms with Gasteiger partial charge in [0.05, 0.1) is 29.5 Å². The number of hydrogen-bond donors (Lipinski definition) is 2. The fourth-order valence-electron chi connectivity index (χ4n) is 4.91. The third kappa shape index (κ3) is 2.83. The lowest BCUT2D eigenvalue weighted by molar-refractivity contribution is 0.158. The minimum Gasteiger partial charge on any atom is -0.398 e. The fraction of sp³-hybridized carbons (Fsp3) is 0.435. The van der Waals surface area contributed by atoms with E-state index in [2.05, 4.69) is 40.7 Å². The minimum absolute atomic E-state index is 0.112. The van der Waals surface area contributed by atoms with E-state index < -0.39 is 0 Å². The van der Waals surface area contributed by atoms with Crippen molar-refractivity contribution in [1.29, 1.82) is 0 Å². The number of aromatic nitrogens is 2. The Morgan fingerprint density at radius 3 is 2.59 bits per heavy atom. The van der Waals surface area contributed by atoms with E-state index in [1.165, 1.54) is 53.5 Å². The zero-order chi connectivity index (χ0) is 18.5. The van der Waals surface area contributed by atoms with Crippen molar-refractivity contribution in [3.8, 4) is 0 Å². The summed E-state index contributed by atoms with van der Waals surface area (Å²) >= 11 is 0. The molecule has 4 nitrogen and oxygen atoms in total. The molecular weight excluding hydrogens is 334 g/mol. The number of aliphatic hydroxyl groups is 1. The molecule has 2 aliphatic carbocycles. The Kier molecular flexibility index (Phi) is 3.97. The number of aliphatic hydroxyl groups excluding tert-OH is 1. The van der Waals surface area contributed by atoms with Gasteiger partial charge in [-0.1, -0.05) is 6.07 Å². The fourth-order valence-corrected chi connectivity index (χ4v) is 4.91. The lowest BCUT2D eigenvalue weighted by atomic mass is 9.87. The van der Waals surface area contributed by atoms with Crippen molar-refractivity contribution in [1.82, 2.24) is 9.55 Å². The van der Waals surface area contributed by atoms with Gasteiger partial charge in [0.15, 0.2) is 0 Å². The number of rotatable bonds is 2. The molecule has 0 spiro atoms. The van der Waals surface area contributed by atoms with Crippen LogP contribution in [0.4, 0.5) is 5.69 Å². The smallest absolute Gasteiger partial charge is 0.0964 e. The van der Waals surface area contributed by atoms with Crippen molar-refractivity contribution in [2.75, 3.05) is 5.73 Å². The molecule has 0 saturated heterocycles. The third-order valence-electron chi connectivity index (χ3n) is 6.51. The van der Waals surface area contributed by atoms with Crippen LogP contribution in [0.15, 0.2) is 30.6 Å². The molecule has 2 unspecified atom stereocenters. The van der Waals surface area contributed by atoms with Crippen LogP contribution in [0.1, 0.15) is 60.0 Å². The van der Waals surface area contributed by atoms with Crippen LogP contribution in [-0.2, 0) is 25.7 Å². The van der Waals surface area contributed by atoms with E-state index in [1.54, 1.807) is 0 Å². The van der Waals surface area contributed by atoms with Crippen LogP contribution < -0.4 is 5.73 Å². The predicted octanol–water partition coefficient (Wildman–Crippen LogP) is 3.96. The van der Waals surface area contributed by atoms with Crippen molar-refractivity contribution >= 4 is 16.7 Å². The van der Waals surface area contributed by atoms with Gasteiger partial charge < -0.3 is 15.4 Å². The molecule has 4 heteroatoms. The van der Waals surface area contributed by atoms with E-state index in [4.69, 9.17) is 5.73 Å². The van der Waals surface area contributed by atoms with E-state index in [1.807, 2.05) is 6.33 Å². The van der Waals surface area contributed by atoms with E-state index >= 15 is 0 Å². The highest BCUT2D eigenvalue weighted by atomic mass is 16.3. The first-order valence-corrected chi connectivity index (χ1v) is 10.2. The summed E-state index contributed by atoms with van der Waals surface area (Å²) in [6.45, 7) is 2.19. The molecule has 0 fully saturated rings. The first-order valence-electron chi connectivity index (χ1n) is 10.2. The molecular formula is C23H27N3O. The van der Waals surface area contributed by atoms with Crippen molar-refractivity contribution < 1.29 is 5.11 Å². The van der Waals surface area contributed by atoms with Crippen LogP contribution in [0.25, 0.3) is 11.0 Å². The molecule has 3 N–H and O–H groups in total. The Morgan fingerprint density at radius 2 is 1.78 bits per heavy atom. The second kappa shape index (κ2) is 6.38. The van der Waals surface area contributed by atoms with Crippen LogP contribution in [-0.4, -0.2) is 20.8 Å². The number of anilines is 1. The predicted molar refractivity (Wildman–Crippen MR) is 109 cm³/mol. The number of aryl methyl sites for hydroxylation is 3. The summed E-state index contributed by atoms with van der Waals surface area (Å²) < 4.78 is 2.25. The molecule has 5 rings (SSSR count). The van der Waals surface area contributed by atoms with Crippen LogP contribution in [0.5, 0.6) is 0 Å². The first kappa shape index (κ1) is 16.8. The van der Waals surface area contributed by atoms with Crippen molar-refractivity contribution in [3.05, 3.63) is 58.4 Å². The van der Waals surface area contributed by atoms with Gasteiger partial charge in [0.1, 0.15) is 0 Å². The van der Waals surface area contributed by atoms with E-state index in [9.17, 15) is 5.11 Å². The minimum atomic E-state index is -0.232. The van der Waals surface area contributed by atoms with Crippen LogP contribution >= 0.6 is 0 Å². The van der Waals surface area contributed by atoms with Crippen molar-refractivity contribution in [3.63, 3.8) is 0 Å². The molecule has 1 heterocycles. The van der Waals surface area contributed by atoms with Crippen LogP contribution in [0.3, 0.4) is 0 Å². The second-order valence-corrected chi connectivity index (χ2v) is 8.29. The summed E-state index contributed by atoms with van der Waals surface area (Å²) in [5, 5.41) is 10.0. The normalized spacial score (nSPS) is 20.3. The summed E-state index contributed by atoms with van der Waals surface area (Å²) in [5.41, 5.74) is 16.2. The summed E-state index contributed by atoms with van der Waals surface area (Å²) in [4.78, 5) is 4.68. The summed E-state index contributed by atoms with van der Waals surface area (Å²) in [6, 6.07) is 9.06. The quantitative estimate of drug-likeness (QED) is 0.679. The standard InChI is InChI=1S/C23H27N3O/c1-14(20-9-18-8-19(27)7-6-17(18)10-21(20)24)26-13-25-22-11-15-4-2-3-5-16(15)12-23(22)26/h9-14,19,27H,2-8,24H2,1H3. The number of nitrogens with zero attached hydrogens (tertiary/aromatic N) is 2. The summed E-state index contributed by atoms with van der Waals surface area (Å²) in [5.74, 6) is 0. The number of fused-ring (bicyclic) bond motifs is 3. The monoisotopic (exact) mass is 361 g/mol.